The average Bonchev–Trinajstić information content (AvgIpc) is 2.84. The summed E-state index contributed by atoms with van der Waals surface area (Å²) in [5.74, 6) is -0.964. The van der Waals surface area contributed by atoms with E-state index in [1.807, 2.05) is 6.92 Å². The number of phenols is 1. The number of carbonyl (C=O) groups excluding carboxylic acids is 3. The molecule has 0 aromatic heterocycles. The number of hydrogen-bond acceptors (Lipinski definition) is 8. The van der Waals surface area contributed by atoms with E-state index in [9.17, 15) is 19.5 Å². The minimum atomic E-state index is -0.730. The van der Waals surface area contributed by atoms with E-state index in [-0.39, 0.29) is 40.3 Å². The molecule has 0 spiro atoms. The first-order valence-corrected chi connectivity index (χ1v) is 10.8. The number of nitrogens with two attached hydrogens (primary N) is 1. The largest absolute Gasteiger partial charge is 0.507 e. The van der Waals surface area contributed by atoms with Crippen LogP contribution in [-0.4, -0.2) is 35.4 Å². The van der Waals surface area contributed by atoms with Gasteiger partial charge in [-0.25, -0.2) is 4.79 Å². The van der Waals surface area contributed by atoms with E-state index in [1.165, 1.54) is 12.1 Å². The van der Waals surface area contributed by atoms with Crippen LogP contribution in [0.2, 0.25) is 0 Å². The number of nitrogen functional groups attached to an aromatic ring is 1. The molecular formula is C26H23NO7. The van der Waals surface area contributed by atoms with Gasteiger partial charge in [0.05, 0.1) is 23.4 Å². The third-order valence-electron chi connectivity index (χ3n) is 5.43. The summed E-state index contributed by atoms with van der Waals surface area (Å²) in [7, 11) is 0. The Bertz CT molecular complexity index is 1280. The van der Waals surface area contributed by atoms with Gasteiger partial charge in [0.15, 0.2) is 23.4 Å². The van der Waals surface area contributed by atoms with Crippen LogP contribution in [0.4, 0.5) is 5.69 Å². The Morgan fingerprint density at radius 1 is 0.941 bits per heavy atom. The van der Waals surface area contributed by atoms with Gasteiger partial charge in [0, 0.05) is 17.2 Å². The van der Waals surface area contributed by atoms with Gasteiger partial charge in [-0.05, 0) is 37.6 Å². The Balaban J connectivity index is 1.60. The van der Waals surface area contributed by atoms with Gasteiger partial charge >= 0.3 is 5.97 Å². The van der Waals surface area contributed by atoms with Crippen molar-refractivity contribution in [2.24, 2.45) is 0 Å². The van der Waals surface area contributed by atoms with Crippen LogP contribution in [0, 0.1) is 0 Å². The minimum Gasteiger partial charge on any atom is -0.507 e. The number of ketones is 2. The lowest BCUT2D eigenvalue weighted by Crippen LogP contribution is -2.28. The highest BCUT2D eigenvalue weighted by Gasteiger charge is 2.35. The maximum atomic E-state index is 13.1. The zero-order valence-electron chi connectivity index (χ0n) is 18.7. The summed E-state index contributed by atoms with van der Waals surface area (Å²) in [4.78, 5) is 37.9. The van der Waals surface area contributed by atoms with Gasteiger partial charge in [-0.3, -0.25) is 9.59 Å². The molecule has 0 heterocycles. The summed E-state index contributed by atoms with van der Waals surface area (Å²) in [5.41, 5.74) is 6.39. The normalized spacial score (nSPS) is 13.0. The number of hydrogen-bond donors (Lipinski definition) is 2. The highest BCUT2D eigenvalue weighted by atomic mass is 16.6. The number of aromatic hydroxyl groups is 1. The van der Waals surface area contributed by atoms with Crippen molar-refractivity contribution in [3.05, 3.63) is 76.9 Å². The van der Waals surface area contributed by atoms with Gasteiger partial charge in [-0.1, -0.05) is 31.2 Å². The molecule has 8 heteroatoms. The van der Waals surface area contributed by atoms with Gasteiger partial charge < -0.3 is 25.1 Å². The van der Waals surface area contributed by atoms with Gasteiger partial charge in [-0.15, -0.1) is 0 Å². The number of anilines is 1. The molecule has 0 fully saturated rings. The van der Waals surface area contributed by atoms with Crippen molar-refractivity contribution in [1.29, 1.82) is 0 Å². The molecule has 174 valence electrons. The fourth-order valence-electron chi connectivity index (χ4n) is 3.77. The second kappa shape index (κ2) is 9.27. The quantitative estimate of drug-likeness (QED) is 0.238. The third-order valence-corrected chi connectivity index (χ3v) is 5.43. The molecule has 1 unspecified atom stereocenters. The molecule has 3 aromatic rings. The van der Waals surface area contributed by atoms with E-state index in [0.717, 1.165) is 0 Å². The maximum absolute atomic E-state index is 13.1. The zero-order valence-corrected chi connectivity index (χ0v) is 18.7. The van der Waals surface area contributed by atoms with Gasteiger partial charge in [0.25, 0.3) is 0 Å². The van der Waals surface area contributed by atoms with E-state index in [4.69, 9.17) is 19.9 Å². The van der Waals surface area contributed by atoms with Crippen LogP contribution in [0.3, 0.4) is 0 Å². The number of ether oxygens (including phenoxy) is 3. The SMILES string of the molecule is CCOC(=O)C(CC)Oc1ccc(Oc2cc(O)c3c(c2N)C(=O)c2ccccc2C3=O)cc1. The Labute approximate surface area is 195 Å². The van der Waals surface area contributed by atoms with Crippen LogP contribution >= 0.6 is 0 Å². The van der Waals surface area contributed by atoms with E-state index in [0.29, 0.717) is 17.9 Å². The average molecular weight is 461 g/mol. The molecule has 0 aliphatic heterocycles. The first-order chi connectivity index (χ1) is 16.3. The number of phenolic OH excluding ortho intramolecular Hbond substituents is 1. The summed E-state index contributed by atoms with van der Waals surface area (Å²) in [6, 6.07) is 14.0. The van der Waals surface area contributed by atoms with E-state index in [1.54, 1.807) is 49.4 Å². The smallest absolute Gasteiger partial charge is 0.347 e. The van der Waals surface area contributed by atoms with Crippen molar-refractivity contribution in [3.8, 4) is 23.0 Å². The summed E-state index contributed by atoms with van der Waals surface area (Å²) in [6.07, 6.45) is -0.288. The fraction of sp³-hybridized carbons (Fsp3) is 0.192. The lowest BCUT2D eigenvalue weighted by atomic mass is 9.82. The Morgan fingerprint density at radius 3 is 2.12 bits per heavy atom. The monoisotopic (exact) mass is 461 g/mol. The predicted molar refractivity (Wildman–Crippen MR) is 124 cm³/mol. The molecule has 8 nitrogen and oxygen atoms in total. The van der Waals surface area contributed by atoms with Crippen LogP contribution in [0.1, 0.15) is 52.1 Å². The highest BCUT2D eigenvalue weighted by molar-refractivity contribution is 6.31. The van der Waals surface area contributed by atoms with Gasteiger partial charge in [-0.2, -0.15) is 0 Å². The predicted octanol–water partition coefficient (Wildman–Crippen LogP) is 4.26. The molecule has 0 saturated carbocycles. The topological polar surface area (TPSA) is 125 Å². The van der Waals surface area contributed by atoms with E-state index < -0.39 is 29.4 Å². The van der Waals surface area contributed by atoms with E-state index in [2.05, 4.69) is 0 Å². The van der Waals surface area contributed by atoms with Crippen molar-refractivity contribution < 1.29 is 33.7 Å². The molecule has 1 aliphatic rings. The summed E-state index contributed by atoms with van der Waals surface area (Å²) >= 11 is 0. The number of esters is 1. The summed E-state index contributed by atoms with van der Waals surface area (Å²) in [6.45, 7) is 3.80. The van der Waals surface area contributed by atoms with Gasteiger partial charge in [0.2, 0.25) is 0 Å². The van der Waals surface area contributed by atoms with E-state index >= 15 is 0 Å². The molecule has 3 aromatic carbocycles. The number of benzene rings is 3. The molecule has 34 heavy (non-hydrogen) atoms. The van der Waals surface area contributed by atoms with Crippen LogP contribution in [0.15, 0.2) is 54.6 Å². The molecule has 1 aliphatic carbocycles. The first-order valence-electron chi connectivity index (χ1n) is 10.8. The second-order valence-corrected chi connectivity index (χ2v) is 7.60. The lowest BCUT2D eigenvalue weighted by molar-refractivity contribution is -0.151. The van der Waals surface area contributed by atoms with Crippen molar-refractivity contribution in [3.63, 3.8) is 0 Å². The molecule has 4 rings (SSSR count). The fourth-order valence-corrected chi connectivity index (χ4v) is 3.77. The zero-order chi connectivity index (χ0) is 24.4. The Kier molecular flexibility index (Phi) is 6.23. The molecule has 3 N–H and O–H groups in total. The summed E-state index contributed by atoms with van der Waals surface area (Å²) in [5, 5.41) is 10.5. The number of fused-ring (bicyclic) bond motifs is 2. The van der Waals surface area contributed by atoms with Crippen molar-refractivity contribution in [1.82, 2.24) is 0 Å². The molecule has 0 saturated heterocycles. The number of rotatable bonds is 7. The van der Waals surface area contributed by atoms with Crippen molar-refractivity contribution in [2.45, 2.75) is 26.4 Å². The second-order valence-electron chi connectivity index (χ2n) is 7.60. The van der Waals surface area contributed by atoms with Crippen LogP contribution in [-0.2, 0) is 9.53 Å². The Morgan fingerprint density at radius 2 is 1.53 bits per heavy atom. The van der Waals surface area contributed by atoms with Gasteiger partial charge in [0.1, 0.15) is 17.2 Å². The maximum Gasteiger partial charge on any atom is 0.347 e. The molecular weight excluding hydrogens is 438 g/mol. The standard InChI is InChI=1S/C26H23NO7/c1-3-19(26(31)32-4-2)33-14-9-11-15(12-10-14)34-20-13-18(28)21-22(23(20)27)25(30)17-8-6-5-7-16(17)24(21)29/h5-13,19,28H,3-4,27H2,1-2H3. The molecule has 0 amide bonds. The van der Waals surface area contributed by atoms with Crippen molar-refractivity contribution >= 4 is 23.2 Å². The third kappa shape index (κ3) is 4.05. The molecule has 0 radical (unpaired) electrons. The van der Waals surface area contributed by atoms with Crippen LogP contribution in [0.5, 0.6) is 23.0 Å². The minimum absolute atomic E-state index is 0.0309. The van der Waals surface area contributed by atoms with Crippen LogP contribution in [0.25, 0.3) is 0 Å². The molecule has 0 bridgehead atoms. The number of carbonyl (C=O) groups is 3. The first kappa shape index (κ1) is 22.8. The van der Waals surface area contributed by atoms with Crippen LogP contribution < -0.4 is 15.2 Å². The lowest BCUT2D eigenvalue weighted by Gasteiger charge is -2.21. The Hall–Kier alpha value is -4.33. The summed E-state index contributed by atoms with van der Waals surface area (Å²) < 4.78 is 16.5. The highest BCUT2D eigenvalue weighted by Crippen LogP contribution is 2.42. The van der Waals surface area contributed by atoms with Crippen molar-refractivity contribution in [2.75, 3.05) is 12.3 Å². The molecule has 1 atom stereocenters.